The number of aromatic nitrogens is 2. The van der Waals surface area contributed by atoms with Gasteiger partial charge in [0, 0.05) is 5.56 Å². The first-order valence-corrected chi connectivity index (χ1v) is 9.74. The fraction of sp³-hybridized carbons (Fsp3) is 0.217. The van der Waals surface area contributed by atoms with Crippen LogP contribution in [0.25, 0.3) is 16.9 Å². The highest BCUT2D eigenvalue weighted by molar-refractivity contribution is 6.06. The minimum Gasteiger partial charge on any atom is -0.482 e. The van der Waals surface area contributed by atoms with Crippen LogP contribution in [0.2, 0.25) is 0 Å². The fourth-order valence-corrected chi connectivity index (χ4v) is 3.01. The number of para-hydroxylation sites is 1. The third kappa shape index (κ3) is 4.77. The van der Waals surface area contributed by atoms with Crippen molar-refractivity contribution in [1.82, 2.24) is 9.78 Å². The second-order valence-electron chi connectivity index (χ2n) is 6.42. The Balaban J connectivity index is 2.06. The monoisotopic (exact) mass is 438 g/mol. The maximum absolute atomic E-state index is 12.6. The average molecular weight is 438 g/mol. The van der Waals surface area contributed by atoms with E-state index in [0.717, 1.165) is 0 Å². The molecule has 0 spiro atoms. The van der Waals surface area contributed by atoms with Crippen LogP contribution in [0.5, 0.6) is 5.75 Å². The molecule has 0 unspecified atom stereocenters. The second-order valence-corrected chi connectivity index (χ2v) is 6.42. The van der Waals surface area contributed by atoms with Crippen LogP contribution >= 0.6 is 0 Å². The number of hydrogen-bond donors (Lipinski definition) is 0. The Bertz CT molecular complexity index is 1110. The van der Waals surface area contributed by atoms with Crippen molar-refractivity contribution in [1.29, 1.82) is 0 Å². The maximum atomic E-state index is 12.6. The molecule has 0 amide bonds. The van der Waals surface area contributed by atoms with E-state index in [9.17, 15) is 14.4 Å². The molecule has 2 aromatic carbocycles. The highest BCUT2D eigenvalue weighted by atomic mass is 16.6. The van der Waals surface area contributed by atoms with Crippen molar-refractivity contribution in [3.05, 3.63) is 65.9 Å². The summed E-state index contributed by atoms with van der Waals surface area (Å²) >= 11 is 0. The van der Waals surface area contributed by atoms with Gasteiger partial charge in [-0.05, 0) is 43.3 Å². The van der Waals surface area contributed by atoms with Gasteiger partial charge >= 0.3 is 17.9 Å². The molecule has 0 aliphatic carbocycles. The predicted octanol–water partition coefficient (Wildman–Crippen LogP) is 3.05. The summed E-state index contributed by atoms with van der Waals surface area (Å²) in [4.78, 5) is 36.7. The lowest BCUT2D eigenvalue weighted by atomic mass is 10.1. The molecular formula is C23H22N2O7. The molecular weight excluding hydrogens is 416 g/mol. The normalized spacial score (nSPS) is 10.3. The van der Waals surface area contributed by atoms with Gasteiger partial charge in [-0.3, -0.25) is 0 Å². The van der Waals surface area contributed by atoms with Crippen LogP contribution in [0.3, 0.4) is 0 Å². The Morgan fingerprint density at radius 3 is 2.16 bits per heavy atom. The molecule has 9 nitrogen and oxygen atoms in total. The van der Waals surface area contributed by atoms with Gasteiger partial charge in [-0.1, -0.05) is 18.2 Å². The van der Waals surface area contributed by atoms with E-state index in [0.29, 0.717) is 17.0 Å². The van der Waals surface area contributed by atoms with Gasteiger partial charge in [-0.15, -0.1) is 0 Å². The van der Waals surface area contributed by atoms with Crippen molar-refractivity contribution in [2.24, 2.45) is 0 Å². The summed E-state index contributed by atoms with van der Waals surface area (Å²) in [6.45, 7) is 1.75. The maximum Gasteiger partial charge on any atom is 0.357 e. The summed E-state index contributed by atoms with van der Waals surface area (Å²) in [5.74, 6) is -1.52. The zero-order chi connectivity index (χ0) is 23.1. The Morgan fingerprint density at radius 2 is 1.56 bits per heavy atom. The molecule has 0 aliphatic heterocycles. The van der Waals surface area contributed by atoms with Crippen LogP contribution < -0.4 is 4.74 Å². The van der Waals surface area contributed by atoms with E-state index >= 15 is 0 Å². The Morgan fingerprint density at radius 1 is 0.906 bits per heavy atom. The molecule has 0 N–H and O–H groups in total. The van der Waals surface area contributed by atoms with E-state index in [1.807, 2.05) is 6.07 Å². The topological polar surface area (TPSA) is 106 Å². The Kier molecular flexibility index (Phi) is 7.22. The minimum atomic E-state index is -0.734. The molecule has 3 aromatic rings. The van der Waals surface area contributed by atoms with Gasteiger partial charge in [0.1, 0.15) is 17.0 Å². The molecule has 1 aromatic heterocycles. The number of rotatable bonds is 8. The van der Waals surface area contributed by atoms with Gasteiger partial charge in [0.05, 0.1) is 26.5 Å². The SMILES string of the molecule is CCOC(=O)COc1ccc(-c2nn(-c3ccccc3)c(C(=O)OC)c2C(=O)OC)cc1. The number of hydrogen-bond acceptors (Lipinski definition) is 8. The highest BCUT2D eigenvalue weighted by Gasteiger charge is 2.31. The molecule has 3 rings (SSSR count). The van der Waals surface area contributed by atoms with Crippen LogP contribution in [-0.2, 0) is 19.0 Å². The average Bonchev–Trinajstić information content (AvgIpc) is 3.23. The van der Waals surface area contributed by atoms with Crippen molar-refractivity contribution in [3.63, 3.8) is 0 Å². The van der Waals surface area contributed by atoms with Crippen molar-refractivity contribution in [3.8, 4) is 22.7 Å². The summed E-state index contributed by atoms with van der Waals surface area (Å²) in [5.41, 5.74) is 1.26. The lowest BCUT2D eigenvalue weighted by molar-refractivity contribution is -0.145. The first kappa shape index (κ1) is 22.5. The number of carbonyl (C=O) groups is 3. The summed E-state index contributed by atoms with van der Waals surface area (Å²) in [6.07, 6.45) is 0. The molecule has 0 fully saturated rings. The van der Waals surface area contributed by atoms with E-state index in [1.54, 1.807) is 55.5 Å². The van der Waals surface area contributed by atoms with Crippen LogP contribution in [-0.4, -0.2) is 55.1 Å². The minimum absolute atomic E-state index is 0.0246. The van der Waals surface area contributed by atoms with E-state index in [4.69, 9.17) is 18.9 Å². The first-order valence-electron chi connectivity index (χ1n) is 9.74. The summed E-state index contributed by atoms with van der Waals surface area (Å²) < 4.78 is 21.4. The molecule has 0 saturated heterocycles. The zero-order valence-electron chi connectivity index (χ0n) is 17.9. The molecule has 9 heteroatoms. The molecule has 166 valence electrons. The molecule has 0 aliphatic rings. The van der Waals surface area contributed by atoms with Gasteiger partial charge < -0.3 is 18.9 Å². The van der Waals surface area contributed by atoms with Gasteiger partial charge in [0.15, 0.2) is 12.3 Å². The number of esters is 3. The predicted molar refractivity (Wildman–Crippen MR) is 114 cm³/mol. The summed E-state index contributed by atoms with van der Waals surface area (Å²) in [7, 11) is 2.44. The van der Waals surface area contributed by atoms with Gasteiger partial charge in [-0.2, -0.15) is 5.10 Å². The van der Waals surface area contributed by atoms with Crippen LogP contribution in [0.1, 0.15) is 27.8 Å². The second kappa shape index (κ2) is 10.3. The van der Waals surface area contributed by atoms with Crippen molar-refractivity contribution in [2.75, 3.05) is 27.4 Å². The van der Waals surface area contributed by atoms with Crippen molar-refractivity contribution in [2.45, 2.75) is 6.92 Å². The van der Waals surface area contributed by atoms with Crippen LogP contribution in [0.4, 0.5) is 0 Å². The van der Waals surface area contributed by atoms with Gasteiger partial charge in [-0.25, -0.2) is 19.1 Å². The standard InChI is InChI=1S/C23H22N2O7/c1-4-31-18(26)14-32-17-12-10-15(11-13-17)20-19(22(27)29-2)21(23(28)30-3)25(24-20)16-8-6-5-7-9-16/h5-13H,4,14H2,1-3H3. The lowest BCUT2D eigenvalue weighted by Gasteiger charge is -2.07. The van der Waals surface area contributed by atoms with Crippen molar-refractivity contribution >= 4 is 17.9 Å². The third-order valence-corrected chi connectivity index (χ3v) is 4.44. The number of ether oxygens (including phenoxy) is 4. The summed E-state index contributed by atoms with van der Waals surface area (Å²) in [6, 6.07) is 15.4. The van der Waals surface area contributed by atoms with E-state index < -0.39 is 17.9 Å². The molecule has 0 bridgehead atoms. The smallest absolute Gasteiger partial charge is 0.357 e. The molecule has 1 heterocycles. The molecule has 32 heavy (non-hydrogen) atoms. The Hall–Kier alpha value is -4.14. The Labute approximate surface area is 184 Å². The number of carbonyl (C=O) groups excluding carboxylic acids is 3. The fourth-order valence-electron chi connectivity index (χ4n) is 3.01. The van der Waals surface area contributed by atoms with E-state index in [1.165, 1.54) is 18.9 Å². The molecule has 0 atom stereocenters. The molecule has 0 saturated carbocycles. The van der Waals surface area contributed by atoms with Gasteiger partial charge in [0.2, 0.25) is 0 Å². The number of methoxy groups -OCH3 is 2. The lowest BCUT2D eigenvalue weighted by Crippen LogP contribution is -2.15. The van der Waals surface area contributed by atoms with Crippen LogP contribution in [0.15, 0.2) is 54.6 Å². The largest absolute Gasteiger partial charge is 0.482 e. The quantitative estimate of drug-likeness (QED) is 0.390. The van der Waals surface area contributed by atoms with Crippen LogP contribution in [0, 0.1) is 0 Å². The van der Waals surface area contributed by atoms with E-state index in [-0.39, 0.29) is 30.2 Å². The number of nitrogens with zero attached hydrogens (tertiary/aromatic N) is 2. The zero-order valence-corrected chi connectivity index (χ0v) is 17.9. The highest BCUT2D eigenvalue weighted by Crippen LogP contribution is 2.30. The number of benzene rings is 2. The third-order valence-electron chi connectivity index (χ3n) is 4.44. The van der Waals surface area contributed by atoms with Crippen molar-refractivity contribution < 1.29 is 33.3 Å². The first-order chi connectivity index (χ1) is 15.5. The summed E-state index contributed by atoms with van der Waals surface area (Å²) in [5, 5.41) is 4.52. The van der Waals surface area contributed by atoms with Gasteiger partial charge in [0.25, 0.3) is 0 Å². The van der Waals surface area contributed by atoms with E-state index in [2.05, 4.69) is 5.10 Å². The molecule has 0 radical (unpaired) electrons.